The Morgan fingerprint density at radius 1 is 1.14 bits per heavy atom. The number of thioether (sulfide) groups is 1. The summed E-state index contributed by atoms with van der Waals surface area (Å²) in [5.41, 5.74) is 5.48. The Labute approximate surface area is 137 Å². The zero-order valence-electron chi connectivity index (χ0n) is 12.2. The Hall–Kier alpha value is -1.26. The predicted molar refractivity (Wildman–Crippen MR) is 91.3 cm³/mol. The van der Waals surface area contributed by atoms with E-state index >= 15 is 0 Å². The molecule has 0 amide bonds. The summed E-state index contributed by atoms with van der Waals surface area (Å²) in [6, 6.07) is 9.83. The van der Waals surface area contributed by atoms with E-state index in [2.05, 4.69) is 48.8 Å². The van der Waals surface area contributed by atoms with Crippen molar-refractivity contribution in [3.8, 4) is 0 Å². The Kier molecular flexibility index (Phi) is 5.12. The van der Waals surface area contributed by atoms with Crippen molar-refractivity contribution < 1.29 is 9.90 Å². The molecule has 0 aliphatic heterocycles. The number of hydrogen-bond donors (Lipinski definition) is 1. The highest BCUT2D eigenvalue weighted by Gasteiger charge is 2.10. The normalized spacial score (nSPS) is 10.7. The first-order valence-electron chi connectivity index (χ1n) is 6.61. The van der Waals surface area contributed by atoms with Crippen molar-refractivity contribution in [2.24, 2.45) is 0 Å². The van der Waals surface area contributed by atoms with Gasteiger partial charge >= 0.3 is 5.97 Å². The average molecular weight is 365 g/mol. The molecule has 0 spiro atoms. The predicted octanol–water partition coefficient (Wildman–Crippen LogP) is 5.36. The number of halogens is 1. The maximum Gasteiger partial charge on any atom is 0.336 e. The monoisotopic (exact) mass is 364 g/mol. The molecule has 4 heteroatoms. The van der Waals surface area contributed by atoms with Crippen LogP contribution in [0, 0.1) is 20.8 Å². The quantitative estimate of drug-likeness (QED) is 0.741. The molecule has 0 aromatic heterocycles. The molecule has 0 saturated heterocycles. The van der Waals surface area contributed by atoms with Crippen LogP contribution in [0.3, 0.4) is 0 Å². The maximum atomic E-state index is 11.2. The lowest BCUT2D eigenvalue weighted by Crippen LogP contribution is -1.98. The third kappa shape index (κ3) is 3.89. The van der Waals surface area contributed by atoms with Crippen molar-refractivity contribution in [2.75, 3.05) is 0 Å². The molecule has 0 saturated carbocycles. The highest BCUT2D eigenvalue weighted by Crippen LogP contribution is 2.29. The Morgan fingerprint density at radius 3 is 2.33 bits per heavy atom. The number of rotatable bonds is 4. The Morgan fingerprint density at radius 2 is 1.76 bits per heavy atom. The minimum Gasteiger partial charge on any atom is -0.478 e. The van der Waals surface area contributed by atoms with Crippen LogP contribution in [0.5, 0.6) is 0 Å². The molecule has 0 bridgehead atoms. The summed E-state index contributed by atoms with van der Waals surface area (Å²) in [6.07, 6.45) is 0. The molecule has 2 rings (SSSR count). The second-order valence-corrected chi connectivity index (χ2v) is 7.02. The molecule has 0 unspecified atom stereocenters. The van der Waals surface area contributed by atoms with Gasteiger partial charge in [-0.2, -0.15) is 0 Å². The van der Waals surface area contributed by atoms with E-state index in [4.69, 9.17) is 5.11 Å². The first-order chi connectivity index (χ1) is 9.88. The topological polar surface area (TPSA) is 37.3 Å². The highest BCUT2D eigenvalue weighted by molar-refractivity contribution is 9.10. The number of carboxylic acids is 1. The van der Waals surface area contributed by atoms with Crippen LogP contribution in [0.15, 0.2) is 39.7 Å². The summed E-state index contributed by atoms with van der Waals surface area (Å²) in [5.74, 6) is -0.0643. The zero-order chi connectivity index (χ0) is 15.6. The number of carbonyl (C=O) groups is 1. The SMILES string of the molecule is Cc1cc(C)c(CSc2ccc(Br)c(C(=O)O)c2)c(C)c1. The molecule has 0 atom stereocenters. The van der Waals surface area contributed by atoms with Crippen molar-refractivity contribution in [1.29, 1.82) is 0 Å². The van der Waals surface area contributed by atoms with Crippen molar-refractivity contribution in [1.82, 2.24) is 0 Å². The molecule has 0 radical (unpaired) electrons. The van der Waals surface area contributed by atoms with Crippen LogP contribution in [0.25, 0.3) is 0 Å². The lowest BCUT2D eigenvalue weighted by atomic mass is 10.0. The van der Waals surface area contributed by atoms with Crippen LogP contribution in [0.1, 0.15) is 32.6 Å². The first kappa shape index (κ1) is 16.1. The van der Waals surface area contributed by atoms with Crippen LogP contribution in [-0.2, 0) is 5.75 Å². The van der Waals surface area contributed by atoms with Gasteiger partial charge in [-0.3, -0.25) is 0 Å². The van der Waals surface area contributed by atoms with Crippen molar-refractivity contribution in [2.45, 2.75) is 31.4 Å². The number of aromatic carboxylic acids is 1. The van der Waals surface area contributed by atoms with Crippen molar-refractivity contribution >= 4 is 33.7 Å². The van der Waals surface area contributed by atoms with Crippen LogP contribution in [-0.4, -0.2) is 11.1 Å². The highest BCUT2D eigenvalue weighted by atomic mass is 79.9. The van der Waals surface area contributed by atoms with Crippen molar-refractivity contribution in [3.05, 3.63) is 62.6 Å². The van der Waals surface area contributed by atoms with Gasteiger partial charge in [-0.1, -0.05) is 17.7 Å². The van der Waals surface area contributed by atoms with Crippen LogP contribution in [0.4, 0.5) is 0 Å². The molecule has 2 aromatic rings. The van der Waals surface area contributed by atoms with E-state index in [0.717, 1.165) is 10.6 Å². The summed E-state index contributed by atoms with van der Waals surface area (Å²) in [4.78, 5) is 12.1. The molecule has 110 valence electrons. The summed E-state index contributed by atoms with van der Waals surface area (Å²) >= 11 is 4.93. The standard InChI is InChI=1S/C17H17BrO2S/c1-10-6-11(2)15(12(3)7-10)9-21-13-4-5-16(18)14(8-13)17(19)20/h4-8H,9H2,1-3H3,(H,19,20). The molecule has 1 N–H and O–H groups in total. The van der Waals surface area contributed by atoms with E-state index in [1.807, 2.05) is 6.07 Å². The molecule has 2 aromatic carbocycles. The molecule has 0 fully saturated rings. The molecule has 21 heavy (non-hydrogen) atoms. The lowest BCUT2D eigenvalue weighted by molar-refractivity contribution is 0.0695. The van der Waals surface area contributed by atoms with Gasteiger partial charge in [-0.25, -0.2) is 4.79 Å². The van der Waals surface area contributed by atoms with Gasteiger partial charge in [0.1, 0.15) is 0 Å². The summed E-state index contributed by atoms with van der Waals surface area (Å²) in [6.45, 7) is 6.35. The fourth-order valence-corrected chi connectivity index (χ4v) is 3.90. The van der Waals surface area contributed by atoms with E-state index < -0.39 is 5.97 Å². The van der Waals surface area contributed by atoms with Gasteiger partial charge in [0.05, 0.1) is 5.56 Å². The van der Waals surface area contributed by atoms with E-state index in [9.17, 15) is 4.79 Å². The van der Waals surface area contributed by atoms with Gasteiger partial charge in [-0.15, -0.1) is 11.8 Å². The second kappa shape index (κ2) is 6.67. The number of carboxylic acid groups (broad SMARTS) is 1. The number of aryl methyl sites for hydroxylation is 3. The molecular weight excluding hydrogens is 348 g/mol. The van der Waals surface area contributed by atoms with E-state index in [1.54, 1.807) is 23.9 Å². The second-order valence-electron chi connectivity index (χ2n) is 5.11. The number of hydrogen-bond acceptors (Lipinski definition) is 2. The van der Waals surface area contributed by atoms with Gasteiger partial charge in [0, 0.05) is 15.1 Å². The van der Waals surface area contributed by atoms with Crippen LogP contribution < -0.4 is 0 Å². The van der Waals surface area contributed by atoms with Gasteiger partial charge in [0.25, 0.3) is 0 Å². The average Bonchev–Trinajstić information content (AvgIpc) is 2.38. The van der Waals surface area contributed by atoms with Crippen molar-refractivity contribution in [3.63, 3.8) is 0 Å². The number of benzene rings is 2. The van der Waals surface area contributed by atoms with Gasteiger partial charge in [-0.05, 0) is 71.6 Å². The molecule has 0 aliphatic carbocycles. The first-order valence-corrected chi connectivity index (χ1v) is 8.38. The minimum absolute atomic E-state index is 0.303. The zero-order valence-corrected chi connectivity index (χ0v) is 14.6. The Bertz CT molecular complexity index is 672. The summed E-state index contributed by atoms with van der Waals surface area (Å²) in [7, 11) is 0. The fourth-order valence-electron chi connectivity index (χ4n) is 2.35. The minimum atomic E-state index is -0.910. The molecular formula is C17H17BrO2S. The van der Waals surface area contributed by atoms with Gasteiger partial charge in [0.15, 0.2) is 0 Å². The molecule has 0 heterocycles. The fraction of sp³-hybridized carbons (Fsp3) is 0.235. The molecule has 2 nitrogen and oxygen atoms in total. The van der Waals surface area contributed by atoms with E-state index in [-0.39, 0.29) is 0 Å². The third-order valence-corrected chi connectivity index (χ3v) is 5.10. The smallest absolute Gasteiger partial charge is 0.336 e. The van der Waals surface area contributed by atoms with E-state index in [0.29, 0.717) is 10.0 Å². The van der Waals surface area contributed by atoms with Crippen LogP contribution >= 0.6 is 27.7 Å². The van der Waals surface area contributed by atoms with E-state index in [1.165, 1.54) is 22.3 Å². The lowest BCUT2D eigenvalue weighted by Gasteiger charge is -2.11. The van der Waals surface area contributed by atoms with Crippen LogP contribution in [0.2, 0.25) is 0 Å². The Balaban J connectivity index is 2.21. The van der Waals surface area contributed by atoms with Gasteiger partial charge < -0.3 is 5.11 Å². The summed E-state index contributed by atoms with van der Waals surface area (Å²) < 4.78 is 0.613. The largest absolute Gasteiger partial charge is 0.478 e. The molecule has 0 aliphatic rings. The summed E-state index contributed by atoms with van der Waals surface area (Å²) in [5, 5.41) is 9.15. The van der Waals surface area contributed by atoms with Gasteiger partial charge in [0.2, 0.25) is 0 Å². The third-order valence-electron chi connectivity index (χ3n) is 3.39. The maximum absolute atomic E-state index is 11.2.